The normalized spacial score (nSPS) is 14.5. The van der Waals surface area contributed by atoms with E-state index in [4.69, 9.17) is 5.26 Å². The van der Waals surface area contributed by atoms with Crippen molar-refractivity contribution in [1.29, 1.82) is 5.26 Å². The largest absolute Gasteiger partial charge is 0.341 e. The summed E-state index contributed by atoms with van der Waals surface area (Å²) in [5, 5.41) is 8.90. The number of hydrogen-bond donors (Lipinski definition) is 0. The van der Waals surface area contributed by atoms with Crippen molar-refractivity contribution in [2.45, 2.75) is 32.7 Å². The second-order valence-corrected chi connectivity index (χ2v) is 7.97. The smallest absolute Gasteiger partial charge is 0.318 e. The minimum absolute atomic E-state index is 0.139. The minimum atomic E-state index is -0.554. The van der Waals surface area contributed by atoms with E-state index in [1.165, 1.54) is 17.0 Å². The molecule has 0 saturated carbocycles. The maximum atomic E-state index is 12.9. The summed E-state index contributed by atoms with van der Waals surface area (Å²) in [5.74, 6) is 0.558. The number of rotatable bonds is 3. The van der Waals surface area contributed by atoms with Crippen LogP contribution in [0.15, 0.2) is 39.8 Å². The monoisotopic (exact) mass is 417 g/mol. The van der Waals surface area contributed by atoms with Crippen molar-refractivity contribution >= 4 is 23.2 Å². The summed E-state index contributed by atoms with van der Waals surface area (Å²) in [6.45, 7) is 5.26. The van der Waals surface area contributed by atoms with Gasteiger partial charge in [0.25, 0.3) is 0 Å². The molecule has 0 aromatic carbocycles. The lowest BCUT2D eigenvalue weighted by Gasteiger charge is -2.33. The summed E-state index contributed by atoms with van der Waals surface area (Å²) in [6, 6.07) is 3.77. The van der Waals surface area contributed by atoms with E-state index in [2.05, 4.69) is 15.0 Å². The Labute approximate surface area is 178 Å². The van der Waals surface area contributed by atoms with Crippen LogP contribution < -0.4 is 16.0 Å². The standard InChI is InChI=1S/C22H23N7O2/c1-14(2)8-15-9-18-19(24-11-15)29(21(31)20(30)27(18)3)17-4-6-28(7-5-17)22-25-12-16(10-23)13-26-22/h8-9,11-13,17H,4-7H2,1-3H3. The Hall–Kier alpha value is -3.80. The molecule has 0 amide bonds. The maximum absolute atomic E-state index is 12.9. The van der Waals surface area contributed by atoms with Gasteiger partial charge < -0.3 is 9.47 Å². The van der Waals surface area contributed by atoms with E-state index < -0.39 is 11.1 Å². The van der Waals surface area contributed by atoms with Crippen LogP contribution >= 0.6 is 0 Å². The van der Waals surface area contributed by atoms with E-state index in [0.717, 1.165) is 11.1 Å². The van der Waals surface area contributed by atoms with Crippen LogP contribution in [0.2, 0.25) is 0 Å². The molecule has 3 aromatic rings. The Kier molecular flexibility index (Phi) is 5.38. The molecule has 4 rings (SSSR count). The molecule has 1 fully saturated rings. The fourth-order valence-electron chi connectivity index (χ4n) is 3.96. The van der Waals surface area contributed by atoms with Crippen molar-refractivity contribution in [2.75, 3.05) is 18.0 Å². The first kappa shape index (κ1) is 20.5. The Balaban J connectivity index is 1.68. The van der Waals surface area contributed by atoms with Gasteiger partial charge in [-0.2, -0.15) is 5.26 Å². The van der Waals surface area contributed by atoms with Gasteiger partial charge in [-0.25, -0.2) is 15.0 Å². The molecule has 9 heteroatoms. The van der Waals surface area contributed by atoms with Crippen molar-refractivity contribution in [1.82, 2.24) is 24.1 Å². The van der Waals surface area contributed by atoms with Crippen molar-refractivity contribution in [2.24, 2.45) is 7.05 Å². The van der Waals surface area contributed by atoms with E-state index in [9.17, 15) is 9.59 Å². The summed E-state index contributed by atoms with van der Waals surface area (Å²) in [5.41, 5.74) is 2.48. The van der Waals surface area contributed by atoms with Gasteiger partial charge in [-0.3, -0.25) is 14.2 Å². The molecule has 1 aliphatic heterocycles. The van der Waals surface area contributed by atoms with Crippen LogP contribution in [-0.2, 0) is 7.05 Å². The zero-order valence-electron chi connectivity index (χ0n) is 17.7. The van der Waals surface area contributed by atoms with Gasteiger partial charge in [-0.1, -0.05) is 11.6 Å². The Morgan fingerprint density at radius 2 is 1.77 bits per heavy atom. The van der Waals surface area contributed by atoms with Gasteiger partial charge in [0.05, 0.1) is 23.5 Å². The number of nitriles is 1. The van der Waals surface area contributed by atoms with Gasteiger partial charge in [0.15, 0.2) is 5.65 Å². The highest BCUT2D eigenvalue weighted by Crippen LogP contribution is 2.26. The van der Waals surface area contributed by atoms with Crippen molar-refractivity contribution in [3.8, 4) is 6.07 Å². The number of piperidine rings is 1. The SMILES string of the molecule is CC(C)=Cc1cnc2c(c1)n(C)c(=O)c(=O)n2C1CCN(c2ncc(C#N)cn2)CC1. The van der Waals surface area contributed by atoms with Crippen LogP contribution in [0.3, 0.4) is 0 Å². The van der Waals surface area contributed by atoms with E-state index in [0.29, 0.717) is 48.6 Å². The van der Waals surface area contributed by atoms with Crippen LogP contribution in [0.1, 0.15) is 43.9 Å². The van der Waals surface area contributed by atoms with Crippen molar-refractivity contribution in [3.63, 3.8) is 0 Å². The summed E-state index contributed by atoms with van der Waals surface area (Å²) < 4.78 is 2.93. The highest BCUT2D eigenvalue weighted by molar-refractivity contribution is 5.74. The van der Waals surface area contributed by atoms with Gasteiger partial charge in [-0.05, 0) is 38.3 Å². The summed E-state index contributed by atoms with van der Waals surface area (Å²) in [6.07, 6.45) is 8.03. The first-order chi connectivity index (χ1) is 14.9. The Morgan fingerprint density at radius 1 is 1.10 bits per heavy atom. The fourth-order valence-corrected chi connectivity index (χ4v) is 3.96. The highest BCUT2D eigenvalue weighted by Gasteiger charge is 2.26. The molecule has 0 radical (unpaired) electrons. The van der Waals surface area contributed by atoms with Gasteiger partial charge in [0.2, 0.25) is 5.95 Å². The van der Waals surface area contributed by atoms with E-state index in [-0.39, 0.29) is 6.04 Å². The first-order valence-electron chi connectivity index (χ1n) is 10.1. The van der Waals surface area contributed by atoms with E-state index in [1.807, 2.05) is 37.0 Å². The average Bonchev–Trinajstić information content (AvgIpc) is 2.78. The third-order valence-electron chi connectivity index (χ3n) is 5.50. The lowest BCUT2D eigenvalue weighted by Crippen LogP contribution is -2.45. The minimum Gasteiger partial charge on any atom is -0.341 e. The van der Waals surface area contributed by atoms with Gasteiger partial charge in [-0.15, -0.1) is 0 Å². The Morgan fingerprint density at radius 3 is 2.39 bits per heavy atom. The lowest BCUT2D eigenvalue weighted by atomic mass is 10.0. The number of anilines is 1. The molecule has 0 unspecified atom stereocenters. The van der Waals surface area contributed by atoms with E-state index >= 15 is 0 Å². The molecule has 0 N–H and O–H groups in total. The highest BCUT2D eigenvalue weighted by atomic mass is 16.2. The van der Waals surface area contributed by atoms with Crippen LogP contribution in [0.25, 0.3) is 17.2 Å². The summed E-state index contributed by atoms with van der Waals surface area (Å²) in [4.78, 5) is 40.6. The summed E-state index contributed by atoms with van der Waals surface area (Å²) >= 11 is 0. The molecule has 0 spiro atoms. The number of aromatic nitrogens is 5. The van der Waals surface area contributed by atoms with Crippen LogP contribution in [0.5, 0.6) is 0 Å². The number of aryl methyl sites for hydroxylation is 1. The molecule has 3 aromatic heterocycles. The quantitative estimate of drug-likeness (QED) is 0.600. The Bertz CT molecular complexity index is 1320. The first-order valence-corrected chi connectivity index (χ1v) is 10.1. The molecule has 31 heavy (non-hydrogen) atoms. The zero-order chi connectivity index (χ0) is 22.1. The molecule has 158 valence electrons. The molecule has 9 nitrogen and oxygen atoms in total. The maximum Gasteiger partial charge on any atom is 0.318 e. The third-order valence-corrected chi connectivity index (χ3v) is 5.50. The molecule has 0 aliphatic carbocycles. The predicted molar refractivity (Wildman–Crippen MR) is 118 cm³/mol. The number of fused-ring (bicyclic) bond motifs is 1. The molecular formula is C22H23N7O2. The average molecular weight is 417 g/mol. The van der Waals surface area contributed by atoms with Crippen molar-refractivity contribution in [3.05, 3.63) is 62.1 Å². The molecule has 4 heterocycles. The number of pyridine rings is 1. The van der Waals surface area contributed by atoms with Crippen LogP contribution in [0, 0.1) is 11.3 Å². The number of allylic oxidation sites excluding steroid dienone is 1. The molecule has 0 bridgehead atoms. The molecule has 1 saturated heterocycles. The van der Waals surface area contributed by atoms with Crippen LogP contribution in [-0.4, -0.2) is 37.2 Å². The second-order valence-electron chi connectivity index (χ2n) is 7.97. The molecule has 0 atom stereocenters. The topological polar surface area (TPSA) is 110 Å². The number of hydrogen-bond acceptors (Lipinski definition) is 7. The van der Waals surface area contributed by atoms with Gasteiger partial charge >= 0.3 is 11.1 Å². The van der Waals surface area contributed by atoms with Crippen LogP contribution in [0.4, 0.5) is 5.95 Å². The second kappa shape index (κ2) is 8.14. The van der Waals surface area contributed by atoms with Gasteiger partial charge in [0.1, 0.15) is 6.07 Å². The molecule has 1 aliphatic rings. The third kappa shape index (κ3) is 3.84. The van der Waals surface area contributed by atoms with Crippen molar-refractivity contribution < 1.29 is 0 Å². The summed E-state index contributed by atoms with van der Waals surface area (Å²) in [7, 11) is 1.61. The van der Waals surface area contributed by atoms with Gasteiger partial charge in [0, 0.05) is 32.4 Å². The fraction of sp³-hybridized carbons (Fsp3) is 0.364. The molecular weight excluding hydrogens is 394 g/mol. The lowest BCUT2D eigenvalue weighted by molar-refractivity contribution is 0.389. The number of nitrogens with zero attached hydrogens (tertiary/aromatic N) is 7. The van der Waals surface area contributed by atoms with E-state index in [1.54, 1.807) is 17.8 Å². The predicted octanol–water partition coefficient (Wildman–Crippen LogP) is 2.02. The zero-order valence-corrected chi connectivity index (χ0v) is 17.7.